The Morgan fingerprint density at radius 3 is 1.52 bits per heavy atom. The first-order valence-electron chi connectivity index (χ1n) is 8.74. The van der Waals surface area contributed by atoms with Gasteiger partial charge >= 0.3 is 0 Å². The first kappa shape index (κ1) is 21.6. The summed E-state index contributed by atoms with van der Waals surface area (Å²) in [5.41, 5.74) is 9.34. The van der Waals surface area contributed by atoms with E-state index in [4.69, 9.17) is 5.73 Å². The van der Waals surface area contributed by atoms with E-state index < -0.39 is 0 Å². The number of hydrogen-bond donors (Lipinski definition) is 1. The highest BCUT2D eigenvalue weighted by molar-refractivity contribution is 5.94. The van der Waals surface area contributed by atoms with Gasteiger partial charge in [0.1, 0.15) is 0 Å². The van der Waals surface area contributed by atoms with Crippen LogP contribution in [0.1, 0.15) is 43.2 Å². The van der Waals surface area contributed by atoms with Gasteiger partial charge in [-0.25, -0.2) is 0 Å². The van der Waals surface area contributed by atoms with Gasteiger partial charge in [-0.1, -0.05) is 19.6 Å². The molecule has 0 aliphatic rings. The Morgan fingerprint density at radius 2 is 1.17 bits per heavy atom. The normalized spacial score (nSPS) is 11.0. The first-order valence-corrected chi connectivity index (χ1v) is 8.74. The van der Waals surface area contributed by atoms with Crippen molar-refractivity contribution in [2.45, 2.75) is 27.3 Å². The molecule has 8 heteroatoms. The lowest BCUT2D eigenvalue weighted by molar-refractivity contribution is 0.101. The molecule has 8 nitrogen and oxygen atoms in total. The second-order valence-electron chi connectivity index (χ2n) is 6.12. The molecule has 0 aliphatic carbocycles. The minimum atomic E-state index is 0. The summed E-state index contributed by atoms with van der Waals surface area (Å²) in [5.74, 6) is 0.0602. The number of nitrogens with two attached hydrogens (primary N) is 1. The van der Waals surface area contributed by atoms with Gasteiger partial charge in [0, 0.05) is 11.6 Å². The third-order valence-electron chi connectivity index (χ3n) is 3.99. The van der Waals surface area contributed by atoms with Crippen molar-refractivity contribution in [1.29, 1.82) is 0 Å². The zero-order valence-corrected chi connectivity index (χ0v) is 15.7. The lowest BCUT2D eigenvalue weighted by Crippen LogP contribution is -2.05. The average molecular weight is 391 g/mol. The summed E-state index contributed by atoms with van der Waals surface area (Å²) in [6, 6.07) is 15.1. The molecular formula is C21H25N7O. The van der Waals surface area contributed by atoms with Crippen LogP contribution >= 0.6 is 0 Å². The minimum Gasteiger partial charge on any atom is -0.324 e. The zero-order valence-electron chi connectivity index (χ0n) is 15.7. The van der Waals surface area contributed by atoms with Gasteiger partial charge in [0.25, 0.3) is 0 Å². The van der Waals surface area contributed by atoms with E-state index in [0.717, 1.165) is 16.9 Å². The summed E-state index contributed by atoms with van der Waals surface area (Å²) < 4.78 is 0. The summed E-state index contributed by atoms with van der Waals surface area (Å²) in [5, 5.41) is 16.0. The van der Waals surface area contributed by atoms with Gasteiger partial charge in [0.05, 0.1) is 36.2 Å². The number of nitrogens with zero attached hydrogens (tertiary/aromatic N) is 6. The van der Waals surface area contributed by atoms with Crippen LogP contribution < -0.4 is 5.73 Å². The Bertz CT molecular complexity index is 990. The highest BCUT2D eigenvalue weighted by Crippen LogP contribution is 2.12. The summed E-state index contributed by atoms with van der Waals surface area (Å²) in [6.07, 6.45) is 6.52. The molecule has 2 aromatic heterocycles. The molecule has 0 aliphatic heterocycles. The van der Waals surface area contributed by atoms with Gasteiger partial charge in [-0.05, 0) is 55.8 Å². The fraction of sp³-hybridized carbons (Fsp3) is 0.190. The second kappa shape index (κ2) is 10.0. The van der Waals surface area contributed by atoms with Crippen molar-refractivity contribution in [3.8, 4) is 11.4 Å². The Morgan fingerprint density at radius 1 is 0.793 bits per heavy atom. The molecule has 2 aromatic carbocycles. The van der Waals surface area contributed by atoms with Crippen molar-refractivity contribution < 1.29 is 4.79 Å². The van der Waals surface area contributed by atoms with Gasteiger partial charge in [-0.2, -0.15) is 30.0 Å². The molecule has 4 rings (SSSR count). The molecule has 4 aromatic rings. The molecule has 0 fully saturated rings. The lowest BCUT2D eigenvalue weighted by atomic mass is 10.1. The van der Waals surface area contributed by atoms with Crippen molar-refractivity contribution in [2.75, 3.05) is 0 Å². The van der Waals surface area contributed by atoms with Crippen molar-refractivity contribution in [2.24, 2.45) is 5.73 Å². The van der Waals surface area contributed by atoms with Crippen LogP contribution in [0.3, 0.4) is 0 Å². The third-order valence-corrected chi connectivity index (χ3v) is 3.99. The second-order valence-corrected chi connectivity index (χ2v) is 6.12. The molecule has 1 unspecified atom stereocenters. The average Bonchev–Trinajstić information content (AvgIpc) is 3.43. The molecule has 2 N–H and O–H groups in total. The molecule has 0 bridgehead atoms. The van der Waals surface area contributed by atoms with E-state index in [1.165, 1.54) is 4.80 Å². The highest BCUT2D eigenvalue weighted by atomic mass is 16.1. The molecule has 2 heterocycles. The monoisotopic (exact) mass is 391 g/mol. The quantitative estimate of drug-likeness (QED) is 0.535. The van der Waals surface area contributed by atoms with E-state index in [1.54, 1.807) is 48.6 Å². The molecule has 0 spiro atoms. The SMILES string of the molecule is C.CC(=O)c1ccc(-n2nccn2)cc1.CC(N)c1ccc(-n2nccn2)cc1. The molecule has 150 valence electrons. The van der Waals surface area contributed by atoms with E-state index in [9.17, 15) is 4.79 Å². The van der Waals surface area contributed by atoms with Crippen LogP contribution in [0.15, 0.2) is 73.3 Å². The van der Waals surface area contributed by atoms with E-state index in [0.29, 0.717) is 5.56 Å². The molecular weight excluding hydrogens is 366 g/mol. The molecule has 0 saturated carbocycles. The number of hydrogen-bond acceptors (Lipinski definition) is 6. The zero-order chi connectivity index (χ0) is 19.9. The van der Waals surface area contributed by atoms with E-state index >= 15 is 0 Å². The van der Waals surface area contributed by atoms with Crippen molar-refractivity contribution in [1.82, 2.24) is 30.0 Å². The smallest absolute Gasteiger partial charge is 0.159 e. The molecule has 29 heavy (non-hydrogen) atoms. The van der Waals surface area contributed by atoms with Gasteiger partial charge in [-0.3, -0.25) is 4.79 Å². The maximum Gasteiger partial charge on any atom is 0.159 e. The summed E-state index contributed by atoms with van der Waals surface area (Å²) in [4.78, 5) is 14.1. The molecule has 0 amide bonds. The fourth-order valence-electron chi connectivity index (χ4n) is 2.44. The van der Waals surface area contributed by atoms with Crippen LogP contribution in [0.5, 0.6) is 0 Å². The van der Waals surface area contributed by atoms with Gasteiger partial charge in [0.15, 0.2) is 5.78 Å². The number of ketones is 1. The van der Waals surface area contributed by atoms with Crippen LogP contribution in [0.25, 0.3) is 11.4 Å². The van der Waals surface area contributed by atoms with Crippen molar-refractivity contribution in [3.05, 3.63) is 84.4 Å². The van der Waals surface area contributed by atoms with E-state index in [-0.39, 0.29) is 19.3 Å². The van der Waals surface area contributed by atoms with Gasteiger partial charge in [0.2, 0.25) is 0 Å². The number of Topliss-reactive ketones (excluding diaryl/α,β-unsaturated/α-hetero) is 1. The summed E-state index contributed by atoms with van der Waals surface area (Å²) in [7, 11) is 0. The van der Waals surface area contributed by atoms with Gasteiger partial charge < -0.3 is 5.73 Å². The maximum absolute atomic E-state index is 11.0. The van der Waals surface area contributed by atoms with Crippen LogP contribution in [0, 0.1) is 0 Å². The predicted molar refractivity (Wildman–Crippen MR) is 112 cm³/mol. The lowest BCUT2D eigenvalue weighted by Gasteiger charge is -2.05. The molecule has 0 radical (unpaired) electrons. The van der Waals surface area contributed by atoms with E-state index in [2.05, 4.69) is 20.4 Å². The Hall–Kier alpha value is -3.65. The number of carbonyl (C=O) groups excluding carboxylic acids is 1. The standard InChI is InChI=1S/C10H12N4.C10H9N3O.CH4/c1-8(11)9-2-4-10(5-3-9)14-12-6-7-13-14;1-8(14)9-2-4-10(5-3-9)13-11-6-7-12-13;/h2-8H,11H2,1H3;2-7H,1H3;1H4. The molecule has 0 saturated heterocycles. The predicted octanol–water partition coefficient (Wildman–Crippen LogP) is 3.39. The minimum absolute atomic E-state index is 0. The van der Waals surface area contributed by atoms with Crippen LogP contribution in [-0.4, -0.2) is 35.8 Å². The van der Waals surface area contributed by atoms with Crippen molar-refractivity contribution >= 4 is 5.78 Å². The maximum atomic E-state index is 11.0. The summed E-state index contributed by atoms with van der Waals surface area (Å²) >= 11 is 0. The largest absolute Gasteiger partial charge is 0.324 e. The van der Waals surface area contributed by atoms with Crippen LogP contribution in [0.2, 0.25) is 0 Å². The van der Waals surface area contributed by atoms with Crippen LogP contribution in [-0.2, 0) is 0 Å². The Kier molecular flexibility index (Phi) is 7.50. The highest BCUT2D eigenvalue weighted by Gasteiger charge is 2.01. The number of benzene rings is 2. The molecule has 1 atom stereocenters. The van der Waals surface area contributed by atoms with Crippen LogP contribution in [0.4, 0.5) is 0 Å². The topological polar surface area (TPSA) is 105 Å². The van der Waals surface area contributed by atoms with E-state index in [1.807, 2.05) is 43.3 Å². The fourth-order valence-corrected chi connectivity index (χ4v) is 2.44. The number of aromatic nitrogens is 6. The third kappa shape index (κ3) is 5.66. The van der Waals surface area contributed by atoms with Gasteiger partial charge in [-0.15, -0.1) is 0 Å². The van der Waals surface area contributed by atoms with Crippen molar-refractivity contribution in [3.63, 3.8) is 0 Å². The number of rotatable bonds is 4. The Labute approximate surface area is 170 Å². The Balaban J connectivity index is 0.000000200. The number of carbonyl (C=O) groups is 1. The summed E-state index contributed by atoms with van der Waals surface area (Å²) in [6.45, 7) is 3.50. The first-order chi connectivity index (χ1) is 13.5.